The molecule has 5 amide bonds. The highest BCUT2D eigenvalue weighted by Crippen LogP contribution is 2.58. The zero-order valence-corrected chi connectivity index (χ0v) is 36.4. The van der Waals surface area contributed by atoms with Gasteiger partial charge in [-0.3, -0.25) is 44.8 Å². The van der Waals surface area contributed by atoms with E-state index in [9.17, 15) is 39.0 Å². The van der Waals surface area contributed by atoms with E-state index in [2.05, 4.69) is 46.2 Å². The zero-order chi connectivity index (χ0) is 45.5. The van der Waals surface area contributed by atoms with Crippen molar-refractivity contribution in [2.24, 2.45) is 11.5 Å². The largest absolute Gasteiger partial charge is 0.465 e. The number of carboxylic acid groups (broad SMARTS) is 2. The summed E-state index contributed by atoms with van der Waals surface area (Å²) in [4.78, 5) is 96.2. The lowest BCUT2D eigenvalue weighted by Crippen LogP contribution is -2.76. The number of nitrogens with one attached hydrogen (secondary N) is 2. The number of carbonyl (C=O) groups excluding carboxylic acids is 4. The van der Waals surface area contributed by atoms with Crippen molar-refractivity contribution < 1.29 is 39.0 Å². The van der Waals surface area contributed by atoms with Crippen LogP contribution in [-0.2, 0) is 46.5 Å². The maximum absolute atomic E-state index is 15.0. The van der Waals surface area contributed by atoms with E-state index in [4.69, 9.17) is 16.5 Å². The monoisotopic (exact) mass is 863 g/mol. The Labute approximate surface area is 366 Å². The number of anilines is 1. The lowest BCUT2D eigenvalue weighted by Gasteiger charge is -2.59. The summed E-state index contributed by atoms with van der Waals surface area (Å²) in [5.74, 6) is -2.21. The highest BCUT2D eigenvalue weighted by Gasteiger charge is 2.70. The van der Waals surface area contributed by atoms with Gasteiger partial charge in [0.15, 0.2) is 5.54 Å². The molecule has 2 aromatic heterocycles. The topological polar surface area (TPSA) is 254 Å². The molecule has 3 fully saturated rings. The van der Waals surface area contributed by atoms with Gasteiger partial charge in [-0.2, -0.15) is 0 Å². The van der Waals surface area contributed by atoms with Gasteiger partial charge in [0, 0.05) is 60.4 Å². The van der Waals surface area contributed by atoms with E-state index in [1.807, 2.05) is 48.2 Å². The van der Waals surface area contributed by atoms with E-state index in [-0.39, 0.29) is 43.0 Å². The number of rotatable bonds is 12. The number of benzene rings is 1. The summed E-state index contributed by atoms with van der Waals surface area (Å²) in [6, 6.07) is 13.4. The van der Waals surface area contributed by atoms with Crippen molar-refractivity contribution in [2.45, 2.75) is 137 Å². The molecule has 1 aromatic carbocycles. The van der Waals surface area contributed by atoms with E-state index in [0.717, 1.165) is 11.8 Å². The molecular formula is C46H57N9O8. The summed E-state index contributed by atoms with van der Waals surface area (Å²) < 4.78 is 0. The van der Waals surface area contributed by atoms with Gasteiger partial charge < -0.3 is 31.4 Å². The van der Waals surface area contributed by atoms with Crippen molar-refractivity contribution in [3.8, 4) is 0 Å². The number of amides is 5. The molecule has 0 radical (unpaired) electrons. The molecule has 8 atom stereocenters. The summed E-state index contributed by atoms with van der Waals surface area (Å²) in [5.41, 5.74) is 7.99. The Morgan fingerprint density at radius 1 is 0.778 bits per heavy atom. The molecule has 2 aliphatic carbocycles. The van der Waals surface area contributed by atoms with Crippen LogP contribution in [0.5, 0.6) is 0 Å². The van der Waals surface area contributed by atoms with Crippen LogP contribution in [0.25, 0.3) is 0 Å². The van der Waals surface area contributed by atoms with Crippen molar-refractivity contribution in [3.63, 3.8) is 0 Å². The molecule has 3 aromatic rings. The Balaban J connectivity index is 1.34. The lowest BCUT2D eigenvalue weighted by atomic mass is 9.58. The summed E-state index contributed by atoms with van der Waals surface area (Å²) in [7, 11) is 0. The molecule has 4 bridgehead atoms. The number of imide groups is 1. The summed E-state index contributed by atoms with van der Waals surface area (Å²) in [5, 5.41) is 26.2. The molecule has 3 saturated heterocycles. The van der Waals surface area contributed by atoms with Gasteiger partial charge in [0.1, 0.15) is 17.5 Å². The SMILES string of the molecule is CC(C)(C)c1ccc(N2[C@H](C3CCCN3[C@]3(C=O)c4ccc(cn4)C3(C)CC(N)=O)CCC2(NC(=O)O)C2CCCN2[C@]2(C(=O)NC(=O)O)c3ccc(cn3)C2(C)CC(N)=O)cc1. The lowest BCUT2D eigenvalue weighted by molar-refractivity contribution is -0.145. The van der Waals surface area contributed by atoms with E-state index < -0.39 is 69.6 Å². The van der Waals surface area contributed by atoms with Crippen molar-refractivity contribution in [1.29, 1.82) is 0 Å². The first kappa shape index (κ1) is 43.7. The number of likely N-dealkylation sites (tertiary alicyclic amines) is 2. The van der Waals surface area contributed by atoms with Crippen LogP contribution in [0.2, 0.25) is 0 Å². The van der Waals surface area contributed by atoms with Crippen LogP contribution in [-0.4, -0.2) is 103 Å². The molecule has 17 nitrogen and oxygen atoms in total. The second-order valence-corrected chi connectivity index (χ2v) is 19.6. The van der Waals surface area contributed by atoms with Gasteiger partial charge in [-0.1, -0.05) is 58.9 Å². The van der Waals surface area contributed by atoms with Gasteiger partial charge in [-0.05, 0) is 91.4 Å². The number of nitrogens with zero attached hydrogens (tertiary/aromatic N) is 5. The van der Waals surface area contributed by atoms with Crippen LogP contribution >= 0.6 is 0 Å². The van der Waals surface area contributed by atoms with E-state index in [0.29, 0.717) is 61.2 Å². The molecule has 7 heterocycles. The third-order valence-corrected chi connectivity index (χ3v) is 15.3. The first-order valence-electron chi connectivity index (χ1n) is 21.7. The standard InChI is InChI=1S/C46H57N9O8/c1-41(2,3)27-10-14-30(15-11-27)55-32(31-8-6-20-53(31)44(26-56)33-16-12-28(24-49-33)42(44,4)22-36(47)57)18-19-45(55,52-40(62)63)35-9-7-21-54(35)46(38(59)51-39(60)61)34-17-13-29(25-50-34)43(46,5)23-37(48)58/h10-17,24-26,31-32,35,52H,6-9,18-23H2,1-5H3,(H2,47,57)(H2,48,58)(H,51,59)(H,60,61)(H,62,63)/t31?,32-,35?,42?,43?,44+,45?,46-/m0/s1. The Kier molecular flexibility index (Phi) is 10.5. The number of pyridine rings is 2. The minimum Gasteiger partial charge on any atom is -0.465 e. The molecule has 0 spiro atoms. The maximum Gasteiger partial charge on any atom is 0.411 e. The third kappa shape index (κ3) is 6.24. The highest BCUT2D eigenvalue weighted by molar-refractivity contribution is 6.00. The smallest absolute Gasteiger partial charge is 0.411 e. The maximum atomic E-state index is 15.0. The minimum atomic E-state index is -1.93. The fraction of sp³-hybridized carbons (Fsp3) is 0.522. The van der Waals surface area contributed by atoms with E-state index >= 15 is 0 Å². The van der Waals surface area contributed by atoms with Gasteiger partial charge in [0.05, 0.1) is 17.4 Å². The van der Waals surface area contributed by atoms with Crippen molar-refractivity contribution >= 4 is 41.9 Å². The number of aldehydes is 1. The van der Waals surface area contributed by atoms with Gasteiger partial charge >= 0.3 is 12.2 Å². The molecule has 5 aliphatic heterocycles. The Hall–Kier alpha value is -5.94. The van der Waals surface area contributed by atoms with Gasteiger partial charge in [0.25, 0.3) is 5.91 Å². The van der Waals surface area contributed by atoms with E-state index in [1.54, 1.807) is 31.5 Å². The number of fused-ring (bicyclic) bond motifs is 6. The van der Waals surface area contributed by atoms with Crippen molar-refractivity contribution in [2.75, 3.05) is 18.0 Å². The molecule has 5 unspecified atom stereocenters. The summed E-state index contributed by atoms with van der Waals surface area (Å²) >= 11 is 0. The predicted octanol–water partition coefficient (Wildman–Crippen LogP) is 3.71. The van der Waals surface area contributed by atoms with Crippen LogP contribution in [0.1, 0.15) is 114 Å². The third-order valence-electron chi connectivity index (χ3n) is 15.3. The van der Waals surface area contributed by atoms with Crippen LogP contribution in [0.15, 0.2) is 60.9 Å². The zero-order valence-electron chi connectivity index (χ0n) is 36.4. The fourth-order valence-electron chi connectivity index (χ4n) is 12.7. The molecule has 8 N–H and O–H groups in total. The second-order valence-electron chi connectivity index (χ2n) is 19.6. The van der Waals surface area contributed by atoms with Crippen LogP contribution in [0.3, 0.4) is 0 Å². The van der Waals surface area contributed by atoms with E-state index in [1.165, 1.54) is 0 Å². The molecular weight excluding hydrogens is 807 g/mol. The van der Waals surface area contributed by atoms with Crippen molar-refractivity contribution in [3.05, 3.63) is 89.0 Å². The normalized spacial score (nSPS) is 32.5. The predicted molar refractivity (Wildman–Crippen MR) is 230 cm³/mol. The Bertz CT molecular complexity index is 2360. The molecule has 10 rings (SSSR count). The second kappa shape index (κ2) is 15.1. The van der Waals surface area contributed by atoms with Crippen LogP contribution in [0, 0.1) is 0 Å². The molecule has 0 saturated carbocycles. The first-order chi connectivity index (χ1) is 29.7. The minimum absolute atomic E-state index is 0.117. The fourth-order valence-corrected chi connectivity index (χ4v) is 12.7. The van der Waals surface area contributed by atoms with Gasteiger partial charge in [-0.25, -0.2) is 9.59 Å². The highest BCUT2D eigenvalue weighted by atomic mass is 16.4. The summed E-state index contributed by atoms with van der Waals surface area (Å²) in [6.45, 7) is 10.6. The number of hydrogen-bond donors (Lipinski definition) is 6. The first-order valence-corrected chi connectivity index (χ1v) is 21.7. The van der Waals surface area contributed by atoms with Crippen LogP contribution in [0.4, 0.5) is 15.3 Å². The molecule has 17 heteroatoms. The number of nitrogens with two attached hydrogens (primary N) is 2. The van der Waals surface area contributed by atoms with Gasteiger partial charge in [-0.15, -0.1) is 0 Å². The molecule has 7 aliphatic rings. The molecule has 334 valence electrons. The quantitative estimate of drug-likeness (QED) is 0.142. The average Bonchev–Trinajstić information content (AvgIpc) is 3.98. The number of hydrogen-bond acceptors (Lipinski definition) is 11. The number of primary amides is 2. The van der Waals surface area contributed by atoms with Gasteiger partial charge in [0.2, 0.25) is 11.8 Å². The number of aromatic nitrogens is 2. The van der Waals surface area contributed by atoms with Crippen molar-refractivity contribution in [1.82, 2.24) is 30.4 Å². The number of carbonyl (C=O) groups is 6. The molecule has 63 heavy (non-hydrogen) atoms. The Morgan fingerprint density at radius 2 is 1.37 bits per heavy atom. The Morgan fingerprint density at radius 3 is 1.92 bits per heavy atom. The average molecular weight is 864 g/mol. The van der Waals surface area contributed by atoms with Crippen LogP contribution < -0.4 is 27.0 Å². The summed E-state index contributed by atoms with van der Waals surface area (Å²) in [6.07, 6.45) is 3.60.